The van der Waals surface area contributed by atoms with Crippen molar-refractivity contribution in [3.05, 3.63) is 29.3 Å². The fourth-order valence-corrected chi connectivity index (χ4v) is 3.24. The zero-order valence-corrected chi connectivity index (χ0v) is 11.7. The lowest BCUT2D eigenvalue weighted by Crippen LogP contribution is -2.34. The lowest BCUT2D eigenvalue weighted by molar-refractivity contribution is 0.272. The van der Waals surface area contributed by atoms with Gasteiger partial charge in [-0.3, -0.25) is 4.90 Å². The Bertz CT molecular complexity index is 442. The minimum absolute atomic E-state index is 0.394. The van der Waals surface area contributed by atoms with E-state index in [-0.39, 0.29) is 0 Å². The highest BCUT2D eigenvalue weighted by Gasteiger charge is 2.28. The Morgan fingerprint density at radius 1 is 1.32 bits per heavy atom. The van der Waals surface area contributed by atoms with Crippen LogP contribution in [0.3, 0.4) is 0 Å². The van der Waals surface area contributed by atoms with E-state index in [1.807, 2.05) is 6.07 Å². The van der Waals surface area contributed by atoms with E-state index >= 15 is 0 Å². The average Bonchev–Trinajstić information content (AvgIpc) is 3.17. The monoisotopic (exact) mass is 260 g/mol. The van der Waals surface area contributed by atoms with Crippen LogP contribution in [0.4, 0.5) is 0 Å². The summed E-state index contributed by atoms with van der Waals surface area (Å²) in [6, 6.07) is 7.14. The second kappa shape index (κ2) is 5.51. The molecule has 104 valence electrons. The molecule has 2 N–H and O–H groups in total. The highest BCUT2D eigenvalue weighted by molar-refractivity contribution is 5.39. The number of rotatable bonds is 6. The van der Waals surface area contributed by atoms with E-state index in [1.165, 1.54) is 30.5 Å². The summed E-state index contributed by atoms with van der Waals surface area (Å²) < 4.78 is 0. The third-order valence-corrected chi connectivity index (χ3v) is 4.46. The fourth-order valence-electron chi connectivity index (χ4n) is 3.24. The van der Waals surface area contributed by atoms with Crippen molar-refractivity contribution in [2.45, 2.75) is 44.7 Å². The van der Waals surface area contributed by atoms with Crippen molar-refractivity contribution < 1.29 is 5.11 Å². The summed E-state index contributed by atoms with van der Waals surface area (Å²) in [6.45, 7) is 5.65. The Kier molecular flexibility index (Phi) is 3.76. The van der Waals surface area contributed by atoms with Crippen LogP contribution in [0.2, 0.25) is 0 Å². The first-order valence-corrected chi connectivity index (χ1v) is 7.57. The van der Waals surface area contributed by atoms with Gasteiger partial charge in [0.1, 0.15) is 5.75 Å². The Labute approximate surface area is 115 Å². The first-order chi connectivity index (χ1) is 9.28. The zero-order valence-electron chi connectivity index (χ0n) is 11.7. The largest absolute Gasteiger partial charge is 0.508 e. The second-order valence-corrected chi connectivity index (χ2v) is 5.79. The number of nitrogens with zero attached hydrogens (tertiary/aromatic N) is 1. The first kappa shape index (κ1) is 12.9. The van der Waals surface area contributed by atoms with E-state index in [0.29, 0.717) is 11.8 Å². The zero-order chi connectivity index (χ0) is 13.2. The maximum Gasteiger partial charge on any atom is 0.115 e. The molecular weight excluding hydrogens is 236 g/mol. The summed E-state index contributed by atoms with van der Waals surface area (Å²) >= 11 is 0. The van der Waals surface area contributed by atoms with E-state index in [4.69, 9.17) is 0 Å². The maximum absolute atomic E-state index is 9.50. The summed E-state index contributed by atoms with van der Waals surface area (Å²) in [5.41, 5.74) is 2.69. The molecule has 3 nitrogen and oxygen atoms in total. The summed E-state index contributed by atoms with van der Waals surface area (Å²) in [5.74, 6) is 0.394. The number of likely N-dealkylation sites (N-methyl/N-ethyl adjacent to an activating group) is 1. The van der Waals surface area contributed by atoms with E-state index in [1.54, 1.807) is 6.07 Å². The van der Waals surface area contributed by atoms with Crippen LogP contribution in [0.25, 0.3) is 0 Å². The molecule has 2 aliphatic carbocycles. The number of fused-ring (bicyclic) bond motifs is 1. The fraction of sp³-hybridized carbons (Fsp3) is 0.625. The van der Waals surface area contributed by atoms with Gasteiger partial charge in [0.15, 0.2) is 0 Å². The van der Waals surface area contributed by atoms with Crippen LogP contribution in [-0.2, 0) is 6.42 Å². The van der Waals surface area contributed by atoms with Gasteiger partial charge in [-0.25, -0.2) is 0 Å². The van der Waals surface area contributed by atoms with Crippen LogP contribution in [0.15, 0.2) is 18.2 Å². The van der Waals surface area contributed by atoms with Gasteiger partial charge >= 0.3 is 0 Å². The molecule has 0 radical (unpaired) electrons. The number of aromatic hydroxyl groups is 1. The molecule has 1 saturated carbocycles. The van der Waals surface area contributed by atoms with Gasteiger partial charge in [0, 0.05) is 25.2 Å². The molecule has 0 heterocycles. The number of benzene rings is 1. The summed E-state index contributed by atoms with van der Waals surface area (Å²) in [4.78, 5) is 2.58. The van der Waals surface area contributed by atoms with E-state index in [0.717, 1.165) is 32.0 Å². The maximum atomic E-state index is 9.50. The third kappa shape index (κ3) is 2.93. The Balaban J connectivity index is 1.52. The number of hydrogen-bond donors (Lipinski definition) is 2. The van der Waals surface area contributed by atoms with Crippen molar-refractivity contribution >= 4 is 0 Å². The van der Waals surface area contributed by atoms with Crippen molar-refractivity contribution in [3.63, 3.8) is 0 Å². The van der Waals surface area contributed by atoms with Gasteiger partial charge in [-0.05, 0) is 55.5 Å². The highest BCUT2D eigenvalue weighted by atomic mass is 16.3. The Morgan fingerprint density at radius 2 is 2.16 bits per heavy atom. The molecule has 0 amide bonds. The normalized spacial score (nSPS) is 21.9. The van der Waals surface area contributed by atoms with Crippen molar-refractivity contribution in [1.82, 2.24) is 10.2 Å². The van der Waals surface area contributed by atoms with Gasteiger partial charge in [0.2, 0.25) is 0 Å². The van der Waals surface area contributed by atoms with Gasteiger partial charge < -0.3 is 10.4 Å². The molecule has 0 saturated heterocycles. The van der Waals surface area contributed by atoms with E-state index < -0.39 is 0 Å². The van der Waals surface area contributed by atoms with Crippen LogP contribution in [0, 0.1) is 0 Å². The summed E-state index contributed by atoms with van der Waals surface area (Å²) in [6.07, 6.45) is 5.02. The molecule has 1 aromatic carbocycles. The predicted molar refractivity (Wildman–Crippen MR) is 77.4 cm³/mol. The van der Waals surface area contributed by atoms with Crippen LogP contribution in [0.5, 0.6) is 5.75 Å². The summed E-state index contributed by atoms with van der Waals surface area (Å²) in [5, 5.41) is 13.2. The lowest BCUT2D eigenvalue weighted by atomic mass is 10.1. The SMILES string of the molecule is CCN(CCNC1CCc2cc(O)ccc21)C1CC1. The molecule has 3 rings (SSSR count). The van der Waals surface area contributed by atoms with Crippen molar-refractivity contribution in [2.24, 2.45) is 0 Å². The lowest BCUT2D eigenvalue weighted by Gasteiger charge is -2.22. The number of aryl methyl sites for hydroxylation is 1. The standard InChI is InChI=1S/C16H24N2O/c1-2-18(13-4-5-13)10-9-17-16-8-3-12-11-14(19)6-7-15(12)16/h6-7,11,13,16-17,19H,2-5,8-10H2,1H3. The molecule has 2 aliphatic rings. The van der Waals surface area contributed by atoms with Crippen molar-refractivity contribution in [3.8, 4) is 5.75 Å². The molecule has 1 unspecified atom stereocenters. The van der Waals surface area contributed by atoms with Gasteiger partial charge in [0.05, 0.1) is 0 Å². The molecule has 3 heteroatoms. The minimum atomic E-state index is 0.394. The molecule has 19 heavy (non-hydrogen) atoms. The third-order valence-electron chi connectivity index (χ3n) is 4.46. The number of phenolic OH excluding ortho intramolecular Hbond substituents is 1. The van der Waals surface area contributed by atoms with Gasteiger partial charge in [0.25, 0.3) is 0 Å². The minimum Gasteiger partial charge on any atom is -0.508 e. The highest BCUT2D eigenvalue weighted by Crippen LogP contribution is 2.33. The van der Waals surface area contributed by atoms with Gasteiger partial charge in [-0.15, -0.1) is 0 Å². The predicted octanol–water partition coefficient (Wildman–Crippen LogP) is 2.45. The second-order valence-electron chi connectivity index (χ2n) is 5.79. The molecular formula is C16H24N2O. The van der Waals surface area contributed by atoms with Crippen LogP contribution in [0.1, 0.15) is 43.4 Å². The molecule has 0 spiro atoms. The van der Waals surface area contributed by atoms with Crippen molar-refractivity contribution in [1.29, 1.82) is 0 Å². The van der Waals surface area contributed by atoms with Gasteiger partial charge in [-0.2, -0.15) is 0 Å². The molecule has 0 aromatic heterocycles. The topological polar surface area (TPSA) is 35.5 Å². The average molecular weight is 260 g/mol. The number of phenols is 1. The Morgan fingerprint density at radius 3 is 2.89 bits per heavy atom. The first-order valence-electron chi connectivity index (χ1n) is 7.57. The molecule has 0 aliphatic heterocycles. The number of nitrogens with one attached hydrogen (secondary N) is 1. The quantitative estimate of drug-likeness (QED) is 0.824. The van der Waals surface area contributed by atoms with Crippen LogP contribution >= 0.6 is 0 Å². The van der Waals surface area contributed by atoms with Crippen molar-refractivity contribution in [2.75, 3.05) is 19.6 Å². The van der Waals surface area contributed by atoms with Crippen LogP contribution in [-0.4, -0.2) is 35.7 Å². The van der Waals surface area contributed by atoms with Crippen LogP contribution < -0.4 is 5.32 Å². The van der Waals surface area contributed by atoms with E-state index in [2.05, 4.69) is 23.2 Å². The Hall–Kier alpha value is -1.06. The van der Waals surface area contributed by atoms with E-state index in [9.17, 15) is 5.11 Å². The smallest absolute Gasteiger partial charge is 0.115 e. The molecule has 1 fully saturated rings. The molecule has 1 atom stereocenters. The molecule has 0 bridgehead atoms. The van der Waals surface area contributed by atoms with Gasteiger partial charge in [-0.1, -0.05) is 13.0 Å². The number of hydrogen-bond acceptors (Lipinski definition) is 3. The molecule has 1 aromatic rings. The summed E-state index contributed by atoms with van der Waals surface area (Å²) in [7, 11) is 0.